The van der Waals surface area contributed by atoms with Crippen LogP contribution in [-0.2, 0) is 6.18 Å². The van der Waals surface area contributed by atoms with Crippen molar-refractivity contribution in [2.45, 2.75) is 6.18 Å². The zero-order valence-electron chi connectivity index (χ0n) is 16.7. The minimum absolute atomic E-state index is 0.190. The fourth-order valence-electron chi connectivity index (χ4n) is 3.40. The normalized spacial score (nSPS) is 14.7. The average Bonchev–Trinajstić information content (AvgIpc) is 3.05. The van der Waals surface area contributed by atoms with Gasteiger partial charge in [-0.1, -0.05) is 18.2 Å². The number of fused-ring (bicyclic) bond motifs is 1. The van der Waals surface area contributed by atoms with E-state index in [9.17, 15) is 18.0 Å². The predicted octanol–water partition coefficient (Wildman–Crippen LogP) is 5.11. The van der Waals surface area contributed by atoms with Gasteiger partial charge in [-0.15, -0.1) is 0 Å². The van der Waals surface area contributed by atoms with Gasteiger partial charge in [-0.25, -0.2) is 9.99 Å². The van der Waals surface area contributed by atoms with Gasteiger partial charge < -0.3 is 4.74 Å². The Morgan fingerprint density at radius 1 is 1.03 bits per heavy atom. The minimum atomic E-state index is -4.52. The molecule has 0 atom stereocenters. The molecule has 3 aromatic rings. The van der Waals surface area contributed by atoms with E-state index in [1.54, 1.807) is 68.9 Å². The lowest BCUT2D eigenvalue weighted by Gasteiger charge is -2.30. The first-order chi connectivity index (χ1) is 14.8. The van der Waals surface area contributed by atoms with Crippen LogP contribution in [0.2, 0.25) is 0 Å². The van der Waals surface area contributed by atoms with Gasteiger partial charge in [-0.2, -0.15) is 13.2 Å². The molecule has 31 heavy (non-hydrogen) atoms. The smallest absolute Gasteiger partial charge is 0.416 e. The van der Waals surface area contributed by atoms with Crippen molar-refractivity contribution in [3.63, 3.8) is 0 Å². The number of carbonyl (C=O) groups is 1. The molecule has 0 aliphatic carbocycles. The highest BCUT2D eigenvalue weighted by Gasteiger charge is 2.39. The maximum atomic E-state index is 13.4. The Hall–Kier alpha value is -3.81. The first kappa shape index (κ1) is 20.5. The van der Waals surface area contributed by atoms with Crippen molar-refractivity contribution in [3.8, 4) is 5.75 Å². The molecule has 0 spiro atoms. The van der Waals surface area contributed by atoms with Crippen molar-refractivity contribution >= 4 is 23.5 Å². The predicted molar refractivity (Wildman–Crippen MR) is 111 cm³/mol. The molecule has 2 heterocycles. The molecule has 1 aliphatic heterocycles. The number of ether oxygens (including phenoxy) is 1. The number of aromatic nitrogens is 1. The lowest BCUT2D eigenvalue weighted by molar-refractivity contribution is -0.137. The average molecular weight is 425 g/mol. The van der Waals surface area contributed by atoms with E-state index in [0.29, 0.717) is 22.8 Å². The molecule has 158 valence electrons. The van der Waals surface area contributed by atoms with Crippen LogP contribution in [0.4, 0.5) is 19.0 Å². The van der Waals surface area contributed by atoms with Crippen molar-refractivity contribution in [3.05, 3.63) is 89.1 Å². The number of benzene rings is 2. The summed E-state index contributed by atoms with van der Waals surface area (Å²) >= 11 is 0. The molecule has 4 rings (SSSR count). The number of halogens is 3. The maximum absolute atomic E-state index is 13.4. The van der Waals surface area contributed by atoms with Gasteiger partial charge in [0.05, 0.1) is 23.9 Å². The number of amides is 1. The third-order valence-electron chi connectivity index (χ3n) is 4.97. The number of hydrogen-bond donors (Lipinski definition) is 0. The standard InChI is InChI=1S/C23H18F3N3O2/c1-28(21-5-3-4-12-27-21)29-20(13-15-6-9-17(31-2)10-7-15)19-14-16(23(24,25)26)8-11-18(19)22(29)30/h3-14H,1-2H3/b20-13-. The van der Waals surface area contributed by atoms with Gasteiger partial charge in [-0.3, -0.25) is 9.80 Å². The van der Waals surface area contributed by atoms with Crippen LogP contribution in [0.1, 0.15) is 27.0 Å². The highest BCUT2D eigenvalue weighted by molar-refractivity contribution is 6.12. The lowest BCUT2D eigenvalue weighted by Crippen LogP contribution is -2.39. The summed E-state index contributed by atoms with van der Waals surface area (Å²) in [6.45, 7) is 0. The van der Waals surface area contributed by atoms with Gasteiger partial charge >= 0.3 is 6.18 Å². The number of rotatable bonds is 4. The molecule has 0 N–H and O–H groups in total. The molecule has 0 saturated heterocycles. The van der Waals surface area contributed by atoms with Gasteiger partial charge in [0, 0.05) is 18.8 Å². The highest BCUT2D eigenvalue weighted by atomic mass is 19.4. The molecule has 0 fully saturated rings. The number of anilines is 1. The molecule has 1 aromatic heterocycles. The number of pyridine rings is 1. The van der Waals surface area contributed by atoms with Gasteiger partial charge in [-0.05, 0) is 54.1 Å². The number of methoxy groups -OCH3 is 1. The van der Waals surface area contributed by atoms with Crippen LogP contribution < -0.4 is 9.75 Å². The summed E-state index contributed by atoms with van der Waals surface area (Å²) in [6, 6.07) is 15.4. The molecule has 5 nitrogen and oxygen atoms in total. The fourth-order valence-corrected chi connectivity index (χ4v) is 3.40. The first-order valence-electron chi connectivity index (χ1n) is 9.36. The second-order valence-electron chi connectivity index (χ2n) is 6.89. The molecule has 2 aromatic carbocycles. The summed E-state index contributed by atoms with van der Waals surface area (Å²) in [5, 5.41) is 2.85. The number of carbonyl (C=O) groups excluding carboxylic acids is 1. The summed E-state index contributed by atoms with van der Waals surface area (Å²) < 4.78 is 45.2. The van der Waals surface area contributed by atoms with Crippen molar-refractivity contribution in [1.29, 1.82) is 0 Å². The van der Waals surface area contributed by atoms with E-state index in [1.165, 1.54) is 16.1 Å². The van der Waals surface area contributed by atoms with Crippen molar-refractivity contribution in [2.75, 3.05) is 19.2 Å². The van der Waals surface area contributed by atoms with Crippen LogP contribution in [-0.4, -0.2) is 30.1 Å². The molecular formula is C23H18F3N3O2. The highest BCUT2D eigenvalue weighted by Crippen LogP contribution is 2.40. The second kappa shape index (κ2) is 7.79. The lowest BCUT2D eigenvalue weighted by atomic mass is 10.0. The Bertz CT molecular complexity index is 1140. The summed E-state index contributed by atoms with van der Waals surface area (Å²) in [7, 11) is 3.18. The van der Waals surface area contributed by atoms with Gasteiger partial charge in [0.15, 0.2) is 0 Å². The Morgan fingerprint density at radius 2 is 1.77 bits per heavy atom. The molecule has 0 saturated carbocycles. The molecule has 1 aliphatic rings. The van der Waals surface area contributed by atoms with Crippen LogP contribution >= 0.6 is 0 Å². The Kier molecular flexibility index (Phi) is 5.14. The van der Waals surface area contributed by atoms with Crippen LogP contribution in [0, 0.1) is 0 Å². The Balaban J connectivity index is 1.87. The van der Waals surface area contributed by atoms with E-state index in [1.807, 2.05) is 0 Å². The van der Waals surface area contributed by atoms with Crippen molar-refractivity contribution in [2.24, 2.45) is 0 Å². The number of hydrogen-bond acceptors (Lipinski definition) is 4. The number of alkyl halides is 3. The zero-order valence-corrected chi connectivity index (χ0v) is 16.7. The molecule has 0 unspecified atom stereocenters. The molecule has 0 radical (unpaired) electrons. The van der Waals surface area contributed by atoms with Gasteiger partial charge in [0.2, 0.25) is 0 Å². The SMILES string of the molecule is COc1ccc(/C=C2/c3cc(C(F)(F)F)ccc3C(=O)N2N(C)c2ccccn2)cc1. The summed E-state index contributed by atoms with van der Waals surface area (Å²) in [5.74, 6) is 0.684. The molecular weight excluding hydrogens is 407 g/mol. The van der Waals surface area contributed by atoms with Crippen LogP contribution in [0.25, 0.3) is 11.8 Å². The van der Waals surface area contributed by atoms with E-state index >= 15 is 0 Å². The first-order valence-corrected chi connectivity index (χ1v) is 9.36. The van der Waals surface area contributed by atoms with E-state index < -0.39 is 17.6 Å². The fraction of sp³-hybridized carbons (Fsp3) is 0.130. The monoisotopic (exact) mass is 425 g/mol. The topological polar surface area (TPSA) is 45.7 Å². The summed E-state index contributed by atoms with van der Waals surface area (Å²) in [6.07, 6.45) is -1.28. The van der Waals surface area contributed by atoms with Crippen LogP contribution in [0.15, 0.2) is 66.9 Å². The quantitative estimate of drug-likeness (QED) is 0.583. The molecule has 1 amide bonds. The largest absolute Gasteiger partial charge is 0.497 e. The minimum Gasteiger partial charge on any atom is -0.497 e. The van der Waals surface area contributed by atoms with E-state index in [4.69, 9.17) is 4.74 Å². The van der Waals surface area contributed by atoms with E-state index in [0.717, 1.165) is 12.1 Å². The van der Waals surface area contributed by atoms with Crippen LogP contribution in [0.3, 0.4) is 0 Å². The third kappa shape index (κ3) is 3.84. The summed E-state index contributed by atoms with van der Waals surface area (Å²) in [4.78, 5) is 17.4. The van der Waals surface area contributed by atoms with E-state index in [-0.39, 0.29) is 11.1 Å². The Labute approximate surface area is 177 Å². The number of hydrazine groups is 1. The summed E-state index contributed by atoms with van der Waals surface area (Å²) in [5.41, 5.74) is 0.605. The molecule has 0 bridgehead atoms. The van der Waals surface area contributed by atoms with Crippen molar-refractivity contribution < 1.29 is 22.7 Å². The van der Waals surface area contributed by atoms with Crippen molar-refractivity contribution in [1.82, 2.24) is 9.99 Å². The van der Waals surface area contributed by atoms with E-state index in [2.05, 4.69) is 4.98 Å². The zero-order chi connectivity index (χ0) is 22.2. The number of nitrogens with zero attached hydrogens (tertiary/aromatic N) is 3. The molecule has 8 heteroatoms. The third-order valence-corrected chi connectivity index (χ3v) is 4.97. The van der Waals surface area contributed by atoms with Gasteiger partial charge in [0.1, 0.15) is 11.6 Å². The maximum Gasteiger partial charge on any atom is 0.416 e. The van der Waals surface area contributed by atoms with Gasteiger partial charge in [0.25, 0.3) is 5.91 Å². The Morgan fingerprint density at radius 3 is 2.39 bits per heavy atom. The second-order valence-corrected chi connectivity index (χ2v) is 6.89. The van der Waals surface area contributed by atoms with Crippen LogP contribution in [0.5, 0.6) is 5.75 Å².